The predicted molar refractivity (Wildman–Crippen MR) is 79.3 cm³/mol. The van der Waals surface area contributed by atoms with Gasteiger partial charge in [-0.1, -0.05) is 55.2 Å². The summed E-state index contributed by atoms with van der Waals surface area (Å²) in [5, 5.41) is 0. The van der Waals surface area contributed by atoms with Gasteiger partial charge in [-0.3, -0.25) is 0 Å². The zero-order valence-electron chi connectivity index (χ0n) is 11.2. The molecule has 2 heterocycles. The van der Waals surface area contributed by atoms with E-state index in [1.54, 1.807) is 0 Å². The maximum Gasteiger partial charge on any atom is -0.0200 e. The van der Waals surface area contributed by atoms with E-state index >= 15 is 0 Å². The van der Waals surface area contributed by atoms with Crippen molar-refractivity contribution in [1.82, 2.24) is 0 Å². The Labute approximate surface area is 104 Å². The smallest absolute Gasteiger partial charge is 0.0200 e. The van der Waals surface area contributed by atoms with Crippen molar-refractivity contribution in [3.05, 3.63) is 11.6 Å². The van der Waals surface area contributed by atoms with E-state index in [2.05, 4.69) is 39.3 Å². The van der Waals surface area contributed by atoms with Crippen LogP contribution in [0.5, 0.6) is 0 Å². The van der Waals surface area contributed by atoms with Crippen LogP contribution in [0.15, 0.2) is 11.6 Å². The lowest BCUT2D eigenvalue weighted by molar-refractivity contribution is 0.777. The molecule has 2 aliphatic rings. The van der Waals surface area contributed by atoms with Gasteiger partial charge in [0.1, 0.15) is 0 Å². The van der Waals surface area contributed by atoms with Gasteiger partial charge in [0.05, 0.1) is 0 Å². The van der Waals surface area contributed by atoms with Gasteiger partial charge in [-0.2, -0.15) is 0 Å². The van der Waals surface area contributed by atoms with Crippen LogP contribution in [0, 0.1) is 0 Å². The summed E-state index contributed by atoms with van der Waals surface area (Å²) < 4.78 is 0. The minimum atomic E-state index is 0.214. The van der Waals surface area contributed by atoms with E-state index in [1.165, 1.54) is 25.7 Å². The number of hydrogen-bond acceptors (Lipinski definition) is 0. The normalized spacial score (nSPS) is 42.5. The Balaban J connectivity index is 1.97. The molecule has 2 rings (SSSR count). The van der Waals surface area contributed by atoms with Crippen molar-refractivity contribution in [3.63, 3.8) is 0 Å². The molecule has 0 nitrogen and oxygen atoms in total. The van der Waals surface area contributed by atoms with Gasteiger partial charge < -0.3 is 0 Å². The quantitative estimate of drug-likeness (QED) is 0.567. The SMILES string of the molecule is C[C@@H]1CC[C@@H](C)P1C=CP1[C@H](C)CC[C@H]1C. The molecular weight excluding hydrogens is 230 g/mol. The molecule has 0 aromatic rings. The molecule has 2 saturated heterocycles. The van der Waals surface area contributed by atoms with E-state index in [4.69, 9.17) is 0 Å². The van der Waals surface area contributed by atoms with Crippen LogP contribution in [0.1, 0.15) is 53.4 Å². The summed E-state index contributed by atoms with van der Waals surface area (Å²) in [5.41, 5.74) is 3.96. The van der Waals surface area contributed by atoms with Crippen molar-refractivity contribution in [3.8, 4) is 0 Å². The van der Waals surface area contributed by atoms with Gasteiger partial charge in [0, 0.05) is 0 Å². The Morgan fingerprint density at radius 3 is 1.12 bits per heavy atom. The van der Waals surface area contributed by atoms with Gasteiger partial charge in [0.25, 0.3) is 0 Å². The monoisotopic (exact) mass is 256 g/mol. The van der Waals surface area contributed by atoms with Gasteiger partial charge in [0.2, 0.25) is 0 Å². The first kappa shape index (κ1) is 13.0. The largest absolute Gasteiger partial charge is 0.0774 e. The van der Waals surface area contributed by atoms with Crippen LogP contribution in [0.2, 0.25) is 0 Å². The van der Waals surface area contributed by atoms with Gasteiger partial charge in [0.15, 0.2) is 0 Å². The minimum absolute atomic E-state index is 0.214. The second-order valence-corrected chi connectivity index (χ2v) is 11.7. The molecule has 0 aromatic heterocycles. The van der Waals surface area contributed by atoms with Gasteiger partial charge in [-0.05, 0) is 48.3 Å². The molecular formula is C14H26P2. The third-order valence-corrected chi connectivity index (χ3v) is 10.8. The molecule has 0 aromatic carbocycles. The molecule has 0 aliphatic carbocycles. The van der Waals surface area contributed by atoms with Gasteiger partial charge in [-0.25, -0.2) is 0 Å². The zero-order valence-corrected chi connectivity index (χ0v) is 13.0. The molecule has 4 atom stereocenters. The molecule has 92 valence electrons. The lowest BCUT2D eigenvalue weighted by atomic mass is 10.2. The molecule has 16 heavy (non-hydrogen) atoms. The second-order valence-electron chi connectivity index (χ2n) is 5.74. The minimum Gasteiger partial charge on any atom is -0.0774 e. The Morgan fingerprint density at radius 1 is 0.625 bits per heavy atom. The standard InChI is InChI=1S/C14H26P2/c1-11-5-6-12(2)15(11)9-10-16-13(3)7-8-14(16)4/h9-14H,5-8H2,1-4H3/t11-,12-,13-,14-/m1/s1. The fourth-order valence-electron chi connectivity index (χ4n) is 3.17. The van der Waals surface area contributed by atoms with Crippen molar-refractivity contribution in [2.24, 2.45) is 0 Å². The average Bonchev–Trinajstić information content (AvgIpc) is 2.72. The first-order valence-electron chi connectivity index (χ1n) is 6.82. The van der Waals surface area contributed by atoms with E-state index < -0.39 is 0 Å². The highest BCUT2D eigenvalue weighted by molar-refractivity contribution is 7.66. The van der Waals surface area contributed by atoms with Crippen LogP contribution in [0.4, 0.5) is 0 Å². The maximum atomic E-state index is 2.67. The molecule has 0 radical (unpaired) electrons. The molecule has 0 unspecified atom stereocenters. The second kappa shape index (κ2) is 5.49. The van der Waals surface area contributed by atoms with Crippen LogP contribution in [0.25, 0.3) is 0 Å². The highest BCUT2D eigenvalue weighted by Crippen LogP contribution is 2.61. The van der Waals surface area contributed by atoms with E-state index in [0.29, 0.717) is 0 Å². The predicted octanol–water partition coefficient (Wildman–Crippen LogP) is 5.56. The summed E-state index contributed by atoms with van der Waals surface area (Å²) in [5.74, 6) is 5.34. The molecule has 2 heteroatoms. The molecule has 0 bridgehead atoms. The molecule has 2 aliphatic heterocycles. The highest BCUT2D eigenvalue weighted by Gasteiger charge is 2.30. The van der Waals surface area contributed by atoms with Crippen LogP contribution in [-0.4, -0.2) is 22.6 Å². The first-order valence-corrected chi connectivity index (χ1v) is 9.92. The van der Waals surface area contributed by atoms with Crippen LogP contribution < -0.4 is 0 Å². The lowest BCUT2D eigenvalue weighted by Gasteiger charge is -2.20. The van der Waals surface area contributed by atoms with Crippen molar-refractivity contribution < 1.29 is 0 Å². The van der Waals surface area contributed by atoms with Crippen molar-refractivity contribution in [2.75, 3.05) is 0 Å². The number of rotatable bonds is 2. The van der Waals surface area contributed by atoms with E-state index in [0.717, 1.165) is 22.6 Å². The summed E-state index contributed by atoms with van der Waals surface area (Å²) in [7, 11) is 0.428. The van der Waals surface area contributed by atoms with Crippen molar-refractivity contribution in [1.29, 1.82) is 0 Å². The topological polar surface area (TPSA) is 0 Å². The summed E-state index contributed by atoms with van der Waals surface area (Å²) in [6.07, 6.45) is 5.89. The molecule has 0 amide bonds. The number of hydrogen-bond donors (Lipinski definition) is 0. The Morgan fingerprint density at radius 2 is 0.875 bits per heavy atom. The maximum absolute atomic E-state index is 2.67. The van der Waals surface area contributed by atoms with Gasteiger partial charge in [-0.15, -0.1) is 0 Å². The Kier molecular flexibility index (Phi) is 4.48. The summed E-state index contributed by atoms with van der Waals surface area (Å²) in [6, 6.07) is 0. The summed E-state index contributed by atoms with van der Waals surface area (Å²) >= 11 is 0. The lowest BCUT2D eigenvalue weighted by Crippen LogP contribution is -1.95. The molecule has 0 spiro atoms. The van der Waals surface area contributed by atoms with Crippen LogP contribution >= 0.6 is 15.8 Å². The summed E-state index contributed by atoms with van der Waals surface area (Å²) in [4.78, 5) is 0. The van der Waals surface area contributed by atoms with E-state index in [9.17, 15) is 0 Å². The third kappa shape index (κ3) is 2.70. The highest BCUT2D eigenvalue weighted by atomic mass is 31.1. The van der Waals surface area contributed by atoms with E-state index in [1.807, 2.05) is 0 Å². The van der Waals surface area contributed by atoms with Crippen molar-refractivity contribution >= 4 is 15.8 Å². The van der Waals surface area contributed by atoms with Crippen LogP contribution in [0.3, 0.4) is 0 Å². The first-order chi connectivity index (χ1) is 7.59. The van der Waals surface area contributed by atoms with Gasteiger partial charge >= 0.3 is 0 Å². The Bertz CT molecular complexity index is 215. The molecule has 0 saturated carbocycles. The van der Waals surface area contributed by atoms with E-state index in [-0.39, 0.29) is 15.8 Å². The fraction of sp³-hybridized carbons (Fsp3) is 0.857. The van der Waals surface area contributed by atoms with Crippen LogP contribution in [-0.2, 0) is 0 Å². The molecule has 0 N–H and O–H groups in total. The fourth-order valence-corrected chi connectivity index (χ4v) is 9.11. The Hall–Kier alpha value is 0.600. The molecule has 2 fully saturated rings. The van der Waals surface area contributed by atoms with Crippen molar-refractivity contribution in [2.45, 2.75) is 76.0 Å². The zero-order chi connectivity index (χ0) is 11.7. The summed E-state index contributed by atoms with van der Waals surface area (Å²) in [6.45, 7) is 9.87. The average molecular weight is 256 g/mol. The third-order valence-electron chi connectivity index (χ3n) is 4.45.